The molecule has 8 nitrogen and oxygen atoms in total. The zero-order chi connectivity index (χ0) is 29.2. The molecule has 1 aliphatic rings. The van der Waals surface area contributed by atoms with E-state index < -0.39 is 29.2 Å². The molecule has 2 amide bonds. The molecule has 2 heterocycles. The highest BCUT2D eigenvalue weighted by Crippen LogP contribution is 2.43. The van der Waals surface area contributed by atoms with Crippen molar-refractivity contribution >= 4 is 11.8 Å². The first kappa shape index (κ1) is 28.7. The molecule has 3 aromatic rings. The maximum atomic E-state index is 14.1. The Labute approximate surface area is 233 Å². The first-order chi connectivity index (χ1) is 18.9. The van der Waals surface area contributed by atoms with E-state index in [0.717, 1.165) is 11.1 Å². The van der Waals surface area contributed by atoms with Gasteiger partial charge in [0.1, 0.15) is 11.9 Å². The van der Waals surface area contributed by atoms with Crippen LogP contribution in [-0.4, -0.2) is 39.0 Å². The SMILES string of the molecule is Cc1cc(Cc2ccc(C(=O)N[C@H](C)C(=O)N3C(C(C)(C)C#N)CC[C@H]3c3cccc(F)c3)cc2C)c(=O)[nH]n1. The number of aromatic nitrogens is 2. The maximum Gasteiger partial charge on any atom is 0.267 e. The van der Waals surface area contributed by atoms with E-state index in [2.05, 4.69) is 21.6 Å². The molecule has 40 heavy (non-hydrogen) atoms. The number of hydrogen-bond acceptors (Lipinski definition) is 5. The number of nitrogens with one attached hydrogen (secondary N) is 2. The average Bonchev–Trinajstić information content (AvgIpc) is 3.37. The number of carbonyl (C=O) groups is 2. The number of nitrogens with zero attached hydrogens (tertiary/aromatic N) is 3. The van der Waals surface area contributed by atoms with Crippen LogP contribution in [0.5, 0.6) is 0 Å². The largest absolute Gasteiger partial charge is 0.341 e. The van der Waals surface area contributed by atoms with Crippen molar-refractivity contribution in [3.63, 3.8) is 0 Å². The van der Waals surface area contributed by atoms with Crippen LogP contribution in [0.2, 0.25) is 0 Å². The number of likely N-dealkylation sites (tertiary alicyclic amines) is 1. The quantitative estimate of drug-likeness (QED) is 0.454. The summed E-state index contributed by atoms with van der Waals surface area (Å²) in [6.07, 6.45) is 1.58. The molecule has 0 saturated carbocycles. The predicted octanol–water partition coefficient (Wildman–Crippen LogP) is 4.52. The number of nitriles is 1. The van der Waals surface area contributed by atoms with Gasteiger partial charge in [-0.1, -0.05) is 18.2 Å². The van der Waals surface area contributed by atoms with Crippen LogP contribution in [-0.2, 0) is 11.2 Å². The van der Waals surface area contributed by atoms with Crippen LogP contribution in [0.15, 0.2) is 53.3 Å². The summed E-state index contributed by atoms with van der Waals surface area (Å²) in [4.78, 5) is 40.8. The highest BCUT2D eigenvalue weighted by atomic mass is 19.1. The first-order valence-electron chi connectivity index (χ1n) is 13.4. The zero-order valence-corrected chi connectivity index (χ0v) is 23.4. The van der Waals surface area contributed by atoms with E-state index in [-0.39, 0.29) is 17.5 Å². The first-order valence-corrected chi connectivity index (χ1v) is 13.4. The van der Waals surface area contributed by atoms with Crippen LogP contribution >= 0.6 is 0 Å². The third-order valence-electron chi connectivity index (χ3n) is 7.71. The number of aromatic amines is 1. The van der Waals surface area contributed by atoms with Gasteiger partial charge >= 0.3 is 0 Å². The standard InChI is InChI=1S/C31H34FN5O3/c1-18-13-23(10-9-21(18)15-24-14-19(2)35-36-29(24)39)28(38)34-20(3)30(40)37-26(22-7-6-8-25(32)16-22)11-12-27(37)31(4,5)17-33/h6-10,13-14,16,20,26-27H,11-12,15H2,1-5H3,(H,34,38)(H,36,39)/t20-,26+,27?/m1/s1. The lowest BCUT2D eigenvalue weighted by Crippen LogP contribution is -2.52. The van der Waals surface area contributed by atoms with E-state index >= 15 is 0 Å². The van der Waals surface area contributed by atoms with E-state index in [9.17, 15) is 24.0 Å². The molecule has 2 aromatic carbocycles. The number of halogens is 1. The highest BCUT2D eigenvalue weighted by Gasteiger charge is 2.46. The van der Waals surface area contributed by atoms with Gasteiger partial charge in [0.2, 0.25) is 5.91 Å². The van der Waals surface area contributed by atoms with E-state index in [0.29, 0.717) is 41.6 Å². The number of amides is 2. The average molecular weight is 544 g/mol. The summed E-state index contributed by atoms with van der Waals surface area (Å²) in [6.45, 7) is 8.87. The third-order valence-corrected chi connectivity index (χ3v) is 7.71. The lowest BCUT2D eigenvalue weighted by atomic mass is 9.84. The van der Waals surface area contributed by atoms with Crippen LogP contribution in [0.3, 0.4) is 0 Å². The van der Waals surface area contributed by atoms with Crippen LogP contribution in [0.1, 0.15) is 78.0 Å². The van der Waals surface area contributed by atoms with Crippen molar-refractivity contribution in [2.75, 3.05) is 0 Å². The second kappa shape index (κ2) is 11.4. The van der Waals surface area contributed by atoms with Gasteiger partial charge in [-0.05, 0) is 94.5 Å². The molecular weight excluding hydrogens is 509 g/mol. The van der Waals surface area contributed by atoms with Gasteiger partial charge in [-0.25, -0.2) is 9.49 Å². The Morgan fingerprint density at radius 1 is 1.18 bits per heavy atom. The molecule has 1 aromatic heterocycles. The Balaban J connectivity index is 1.53. The predicted molar refractivity (Wildman–Crippen MR) is 149 cm³/mol. The fourth-order valence-corrected chi connectivity index (χ4v) is 5.44. The molecule has 1 fully saturated rings. The van der Waals surface area contributed by atoms with E-state index in [1.54, 1.807) is 69.0 Å². The van der Waals surface area contributed by atoms with Gasteiger partial charge in [0.25, 0.3) is 11.5 Å². The van der Waals surface area contributed by atoms with Crippen molar-refractivity contribution in [1.29, 1.82) is 5.26 Å². The van der Waals surface area contributed by atoms with Crippen molar-refractivity contribution < 1.29 is 14.0 Å². The molecule has 1 unspecified atom stereocenters. The summed E-state index contributed by atoms with van der Waals surface area (Å²) < 4.78 is 14.1. The molecule has 2 N–H and O–H groups in total. The minimum Gasteiger partial charge on any atom is -0.341 e. The maximum absolute atomic E-state index is 14.1. The summed E-state index contributed by atoms with van der Waals surface area (Å²) in [5.74, 6) is -1.13. The topological polar surface area (TPSA) is 119 Å². The van der Waals surface area contributed by atoms with Crippen LogP contribution in [0.4, 0.5) is 4.39 Å². The Hall–Kier alpha value is -4.32. The number of aryl methyl sites for hydroxylation is 2. The Kier molecular flexibility index (Phi) is 8.19. The van der Waals surface area contributed by atoms with Gasteiger partial charge in [0.05, 0.1) is 29.3 Å². The molecular formula is C31H34FN5O3. The van der Waals surface area contributed by atoms with Crippen LogP contribution < -0.4 is 10.9 Å². The lowest BCUT2D eigenvalue weighted by Gasteiger charge is -2.38. The van der Waals surface area contributed by atoms with E-state index in [4.69, 9.17) is 0 Å². The molecule has 1 aliphatic heterocycles. The summed E-state index contributed by atoms with van der Waals surface area (Å²) in [7, 11) is 0. The molecule has 4 rings (SSSR count). The summed E-state index contributed by atoms with van der Waals surface area (Å²) in [6, 6.07) is 13.8. The number of benzene rings is 2. The van der Waals surface area contributed by atoms with Crippen LogP contribution in [0, 0.1) is 36.4 Å². The number of H-pyrrole nitrogens is 1. The molecule has 0 spiro atoms. The molecule has 3 atom stereocenters. The molecule has 0 radical (unpaired) electrons. The number of carbonyl (C=O) groups excluding carboxylic acids is 2. The van der Waals surface area contributed by atoms with Gasteiger partial charge in [-0.3, -0.25) is 14.4 Å². The highest BCUT2D eigenvalue weighted by molar-refractivity contribution is 5.97. The van der Waals surface area contributed by atoms with Gasteiger partial charge < -0.3 is 10.2 Å². The van der Waals surface area contributed by atoms with E-state index in [1.807, 2.05) is 6.92 Å². The Bertz CT molecular complexity index is 1540. The second-order valence-electron chi connectivity index (χ2n) is 11.1. The minimum absolute atomic E-state index is 0.254. The van der Waals surface area contributed by atoms with E-state index in [1.165, 1.54) is 12.1 Å². The van der Waals surface area contributed by atoms with Crippen molar-refractivity contribution in [2.24, 2.45) is 5.41 Å². The molecule has 9 heteroatoms. The minimum atomic E-state index is -0.878. The monoisotopic (exact) mass is 543 g/mol. The molecule has 1 saturated heterocycles. The Morgan fingerprint density at radius 2 is 1.93 bits per heavy atom. The second-order valence-corrected chi connectivity index (χ2v) is 11.1. The number of rotatable bonds is 7. The summed E-state index contributed by atoms with van der Waals surface area (Å²) in [5, 5.41) is 19.0. The Morgan fingerprint density at radius 3 is 2.60 bits per heavy atom. The third kappa shape index (κ3) is 5.96. The van der Waals surface area contributed by atoms with Crippen molar-refractivity contribution in [3.05, 3.63) is 98.2 Å². The fraction of sp³-hybridized carbons (Fsp3) is 0.387. The normalized spacial score (nSPS) is 17.8. The van der Waals surface area contributed by atoms with Gasteiger partial charge in [-0.15, -0.1) is 0 Å². The van der Waals surface area contributed by atoms with Gasteiger partial charge in [0.15, 0.2) is 0 Å². The van der Waals surface area contributed by atoms with Crippen molar-refractivity contribution in [3.8, 4) is 6.07 Å². The van der Waals surface area contributed by atoms with Crippen molar-refractivity contribution in [1.82, 2.24) is 20.4 Å². The smallest absolute Gasteiger partial charge is 0.267 e. The molecule has 208 valence electrons. The van der Waals surface area contributed by atoms with Gasteiger partial charge in [0, 0.05) is 17.5 Å². The van der Waals surface area contributed by atoms with Gasteiger partial charge in [-0.2, -0.15) is 10.4 Å². The summed E-state index contributed by atoms with van der Waals surface area (Å²) in [5.41, 5.74) is 2.99. The number of hydrogen-bond donors (Lipinski definition) is 2. The lowest BCUT2D eigenvalue weighted by molar-refractivity contribution is -0.137. The summed E-state index contributed by atoms with van der Waals surface area (Å²) >= 11 is 0. The molecule has 0 aliphatic carbocycles. The fourth-order valence-electron chi connectivity index (χ4n) is 5.44. The van der Waals surface area contributed by atoms with Crippen LogP contribution in [0.25, 0.3) is 0 Å². The van der Waals surface area contributed by atoms with Crippen molar-refractivity contribution in [2.45, 2.75) is 72.0 Å². The zero-order valence-electron chi connectivity index (χ0n) is 23.4. The molecule has 0 bridgehead atoms.